The van der Waals surface area contributed by atoms with Crippen LogP contribution in [-0.2, 0) is 4.79 Å². The Bertz CT molecular complexity index is 770. The van der Waals surface area contributed by atoms with Gasteiger partial charge in [0.2, 0.25) is 5.91 Å². The number of anilines is 1. The number of rotatable bonds is 7. The fourth-order valence-electron chi connectivity index (χ4n) is 2.25. The van der Waals surface area contributed by atoms with Crippen LogP contribution in [0.1, 0.15) is 30.0 Å². The lowest BCUT2D eigenvalue weighted by molar-refractivity contribution is -0.114. The molecule has 132 valence electrons. The summed E-state index contributed by atoms with van der Waals surface area (Å²) in [7, 11) is 0. The molecule has 0 aromatic heterocycles. The first-order chi connectivity index (χ1) is 12.0. The van der Waals surface area contributed by atoms with Crippen LogP contribution in [0.5, 0.6) is 11.5 Å². The van der Waals surface area contributed by atoms with Crippen molar-refractivity contribution in [3.05, 3.63) is 53.1 Å². The number of ether oxygens (including phenoxy) is 1. The van der Waals surface area contributed by atoms with Gasteiger partial charge in [0.25, 0.3) is 0 Å². The first-order valence-corrected chi connectivity index (χ1v) is 8.33. The van der Waals surface area contributed by atoms with E-state index >= 15 is 0 Å². The van der Waals surface area contributed by atoms with E-state index in [0.29, 0.717) is 17.9 Å². The molecule has 2 aromatic carbocycles. The highest BCUT2D eigenvalue weighted by Crippen LogP contribution is 2.22. The van der Waals surface area contributed by atoms with Gasteiger partial charge in [-0.05, 0) is 49.6 Å². The van der Waals surface area contributed by atoms with Gasteiger partial charge in [-0.25, -0.2) is 0 Å². The van der Waals surface area contributed by atoms with Gasteiger partial charge in [-0.3, -0.25) is 9.79 Å². The lowest BCUT2D eigenvalue weighted by atomic mass is 10.1. The summed E-state index contributed by atoms with van der Waals surface area (Å²) >= 11 is 0. The summed E-state index contributed by atoms with van der Waals surface area (Å²) in [5, 5.41) is 12.8. The van der Waals surface area contributed by atoms with E-state index in [1.54, 1.807) is 18.2 Å². The normalized spacial score (nSPS) is 10.8. The number of phenols is 1. The maximum atomic E-state index is 12.0. The molecule has 1 amide bonds. The molecule has 0 aliphatic rings. The molecule has 2 N–H and O–H groups in total. The van der Waals surface area contributed by atoms with Crippen molar-refractivity contribution >= 4 is 17.8 Å². The zero-order valence-electron chi connectivity index (χ0n) is 14.9. The number of hydrogen-bond acceptors (Lipinski definition) is 4. The molecule has 0 spiro atoms. The first-order valence-electron chi connectivity index (χ1n) is 8.33. The molecular weight excluding hydrogens is 316 g/mol. The summed E-state index contributed by atoms with van der Waals surface area (Å²) in [5.41, 5.74) is 3.50. The van der Waals surface area contributed by atoms with Crippen molar-refractivity contribution in [3.63, 3.8) is 0 Å². The molecule has 0 radical (unpaired) electrons. The second kappa shape index (κ2) is 8.87. The molecule has 0 bridgehead atoms. The Labute approximate surface area is 148 Å². The number of aliphatic imine (C=N–C) groups is 1. The monoisotopic (exact) mass is 340 g/mol. The standard InChI is InChI=1S/C20H24N2O3/c1-4-10-25-17-9-8-16(19(23)11-17)12-21-13-20(24)22-18-7-5-6-14(2)15(18)3/h5-9,11-12,23H,4,10,13H2,1-3H3,(H,22,24). The Kier molecular flexibility index (Phi) is 6.57. The van der Waals surface area contributed by atoms with Crippen LogP contribution in [0.4, 0.5) is 5.69 Å². The van der Waals surface area contributed by atoms with E-state index in [1.807, 2.05) is 39.0 Å². The van der Waals surface area contributed by atoms with Gasteiger partial charge < -0.3 is 15.2 Å². The molecule has 0 fully saturated rings. The Morgan fingerprint density at radius 1 is 1.28 bits per heavy atom. The summed E-state index contributed by atoms with van der Waals surface area (Å²) in [6, 6.07) is 10.8. The number of benzene rings is 2. The average molecular weight is 340 g/mol. The van der Waals surface area contributed by atoms with Crippen LogP contribution < -0.4 is 10.1 Å². The third kappa shape index (κ3) is 5.35. The van der Waals surface area contributed by atoms with Crippen LogP contribution >= 0.6 is 0 Å². The van der Waals surface area contributed by atoms with E-state index in [2.05, 4.69) is 10.3 Å². The number of phenolic OH excluding ortho intramolecular Hbond substituents is 1. The number of aryl methyl sites for hydroxylation is 1. The molecule has 0 saturated heterocycles. The predicted molar refractivity (Wildman–Crippen MR) is 101 cm³/mol. The minimum absolute atomic E-state index is 0.0130. The smallest absolute Gasteiger partial charge is 0.246 e. The summed E-state index contributed by atoms with van der Waals surface area (Å²) in [6.45, 7) is 6.57. The van der Waals surface area contributed by atoms with E-state index in [-0.39, 0.29) is 18.2 Å². The van der Waals surface area contributed by atoms with Crippen molar-refractivity contribution in [1.82, 2.24) is 0 Å². The third-order valence-corrected chi connectivity index (χ3v) is 3.82. The van der Waals surface area contributed by atoms with E-state index in [9.17, 15) is 9.90 Å². The Morgan fingerprint density at radius 2 is 2.08 bits per heavy atom. The van der Waals surface area contributed by atoms with Gasteiger partial charge in [0.05, 0.1) is 6.61 Å². The fourth-order valence-corrected chi connectivity index (χ4v) is 2.25. The van der Waals surface area contributed by atoms with E-state index in [0.717, 1.165) is 23.2 Å². The molecule has 5 nitrogen and oxygen atoms in total. The summed E-state index contributed by atoms with van der Waals surface area (Å²) in [5.74, 6) is 0.490. The Morgan fingerprint density at radius 3 is 2.80 bits per heavy atom. The average Bonchev–Trinajstić information content (AvgIpc) is 2.59. The van der Waals surface area contributed by atoms with Crippen LogP contribution in [0.2, 0.25) is 0 Å². The number of nitrogens with zero attached hydrogens (tertiary/aromatic N) is 1. The van der Waals surface area contributed by atoms with Gasteiger partial charge in [0, 0.05) is 23.5 Å². The largest absolute Gasteiger partial charge is 0.507 e. The van der Waals surface area contributed by atoms with E-state index in [1.165, 1.54) is 6.21 Å². The molecule has 2 rings (SSSR count). The highest BCUT2D eigenvalue weighted by atomic mass is 16.5. The van der Waals surface area contributed by atoms with Crippen LogP contribution in [-0.4, -0.2) is 30.4 Å². The molecule has 25 heavy (non-hydrogen) atoms. The van der Waals surface area contributed by atoms with Crippen molar-refractivity contribution < 1.29 is 14.6 Å². The first kappa shape index (κ1) is 18.5. The summed E-state index contributed by atoms with van der Waals surface area (Å²) < 4.78 is 5.45. The quantitative estimate of drug-likeness (QED) is 0.752. The fraction of sp³-hybridized carbons (Fsp3) is 0.300. The summed E-state index contributed by atoms with van der Waals surface area (Å²) in [4.78, 5) is 16.1. The minimum atomic E-state index is -0.202. The van der Waals surface area contributed by atoms with Gasteiger partial charge in [-0.15, -0.1) is 0 Å². The highest BCUT2D eigenvalue weighted by Gasteiger charge is 2.05. The number of nitrogens with one attached hydrogen (secondary N) is 1. The van der Waals surface area contributed by atoms with Gasteiger partial charge in [0.15, 0.2) is 0 Å². The van der Waals surface area contributed by atoms with Gasteiger partial charge >= 0.3 is 0 Å². The second-order valence-electron chi connectivity index (χ2n) is 5.83. The molecule has 2 aromatic rings. The Balaban J connectivity index is 1.94. The lowest BCUT2D eigenvalue weighted by Gasteiger charge is -2.09. The van der Waals surface area contributed by atoms with Crippen molar-refractivity contribution in [2.75, 3.05) is 18.5 Å². The second-order valence-corrected chi connectivity index (χ2v) is 5.83. The number of carbonyl (C=O) groups excluding carboxylic acids is 1. The van der Waals surface area contributed by atoms with E-state index in [4.69, 9.17) is 4.74 Å². The van der Waals surface area contributed by atoms with E-state index < -0.39 is 0 Å². The SMILES string of the molecule is CCCOc1ccc(C=NCC(=O)Nc2cccc(C)c2C)c(O)c1. The molecule has 0 heterocycles. The van der Waals surface area contributed by atoms with Crippen LogP contribution in [0.25, 0.3) is 0 Å². The minimum Gasteiger partial charge on any atom is -0.507 e. The molecule has 0 aliphatic heterocycles. The number of carbonyl (C=O) groups is 1. The number of aromatic hydroxyl groups is 1. The Hall–Kier alpha value is -2.82. The maximum absolute atomic E-state index is 12.0. The molecule has 0 aliphatic carbocycles. The highest BCUT2D eigenvalue weighted by molar-refractivity contribution is 5.94. The molecule has 0 saturated carbocycles. The van der Waals surface area contributed by atoms with Gasteiger partial charge in [-0.2, -0.15) is 0 Å². The van der Waals surface area contributed by atoms with Crippen molar-refractivity contribution in [3.8, 4) is 11.5 Å². The number of hydrogen-bond donors (Lipinski definition) is 2. The van der Waals surface area contributed by atoms with Gasteiger partial charge in [0.1, 0.15) is 18.0 Å². The summed E-state index contributed by atoms with van der Waals surface area (Å²) in [6.07, 6.45) is 2.39. The van der Waals surface area contributed by atoms with Crippen LogP contribution in [0, 0.1) is 13.8 Å². The zero-order valence-corrected chi connectivity index (χ0v) is 14.9. The van der Waals surface area contributed by atoms with Crippen molar-refractivity contribution in [1.29, 1.82) is 0 Å². The predicted octanol–water partition coefficient (Wildman–Crippen LogP) is 3.86. The topological polar surface area (TPSA) is 70.9 Å². The van der Waals surface area contributed by atoms with Crippen LogP contribution in [0.15, 0.2) is 41.4 Å². The van der Waals surface area contributed by atoms with Crippen LogP contribution in [0.3, 0.4) is 0 Å². The maximum Gasteiger partial charge on any atom is 0.246 e. The van der Waals surface area contributed by atoms with Gasteiger partial charge in [-0.1, -0.05) is 19.1 Å². The van der Waals surface area contributed by atoms with Crippen molar-refractivity contribution in [2.45, 2.75) is 27.2 Å². The molecular formula is C20H24N2O3. The zero-order chi connectivity index (χ0) is 18.2. The third-order valence-electron chi connectivity index (χ3n) is 3.82. The molecule has 0 atom stereocenters. The molecule has 0 unspecified atom stereocenters. The lowest BCUT2D eigenvalue weighted by Crippen LogP contribution is -2.15. The van der Waals surface area contributed by atoms with Crippen molar-refractivity contribution in [2.24, 2.45) is 4.99 Å². The number of amides is 1. The molecule has 5 heteroatoms.